The number of anilines is 2. The zero-order valence-corrected chi connectivity index (χ0v) is 13.2. The van der Waals surface area contributed by atoms with Crippen molar-refractivity contribution in [2.45, 2.75) is 38.6 Å². The number of hydrogen-bond donors (Lipinski definition) is 2. The molecule has 2 aromatic heterocycles. The number of nitrogens with zero attached hydrogens (tertiary/aromatic N) is 4. The van der Waals surface area contributed by atoms with E-state index in [0.29, 0.717) is 11.7 Å². The maximum absolute atomic E-state index is 12.1. The predicted molar refractivity (Wildman–Crippen MR) is 88.0 cm³/mol. The Hall–Kier alpha value is -2.97. The molecule has 0 aliphatic heterocycles. The first-order valence-electron chi connectivity index (χ1n) is 7.77. The van der Waals surface area contributed by atoms with E-state index in [-0.39, 0.29) is 11.4 Å². The first kappa shape index (κ1) is 15.9. The first-order chi connectivity index (χ1) is 11.6. The lowest BCUT2D eigenvalue weighted by Crippen LogP contribution is -2.20. The average molecular weight is 330 g/mol. The fraction of sp³-hybridized carbons (Fsp3) is 0.400. The van der Waals surface area contributed by atoms with Crippen LogP contribution in [0.3, 0.4) is 0 Å². The molecule has 9 nitrogen and oxygen atoms in total. The van der Waals surface area contributed by atoms with E-state index in [1.165, 1.54) is 25.1 Å². The number of carbonyl (C=O) groups excluding carboxylic acids is 1. The van der Waals surface area contributed by atoms with Crippen molar-refractivity contribution >= 4 is 23.1 Å². The lowest BCUT2D eigenvalue weighted by molar-refractivity contribution is -0.384. The van der Waals surface area contributed by atoms with E-state index in [9.17, 15) is 14.9 Å². The third-order valence-electron chi connectivity index (χ3n) is 4.21. The van der Waals surface area contributed by atoms with Gasteiger partial charge >= 0.3 is 11.7 Å². The van der Waals surface area contributed by atoms with Crippen LogP contribution in [0.2, 0.25) is 0 Å². The van der Waals surface area contributed by atoms with Gasteiger partial charge in [-0.1, -0.05) is 12.8 Å². The summed E-state index contributed by atoms with van der Waals surface area (Å²) in [6, 6.07) is 1.20. The maximum Gasteiger partial charge on any atom is 0.323 e. The Bertz CT molecular complexity index is 766. The topological polar surface area (TPSA) is 115 Å². The van der Waals surface area contributed by atoms with Crippen molar-refractivity contribution in [3.05, 3.63) is 40.5 Å². The zero-order chi connectivity index (χ0) is 17.1. The van der Waals surface area contributed by atoms with Crippen LogP contribution >= 0.6 is 0 Å². The molecule has 2 amide bonds. The first-order valence-corrected chi connectivity index (χ1v) is 7.77. The van der Waals surface area contributed by atoms with Gasteiger partial charge in [-0.15, -0.1) is 0 Å². The molecule has 24 heavy (non-hydrogen) atoms. The fourth-order valence-electron chi connectivity index (χ4n) is 2.98. The minimum atomic E-state index is -0.591. The van der Waals surface area contributed by atoms with Crippen molar-refractivity contribution in [2.24, 2.45) is 0 Å². The van der Waals surface area contributed by atoms with Crippen molar-refractivity contribution in [3.63, 3.8) is 0 Å². The molecule has 126 valence electrons. The number of amides is 2. The molecule has 2 aromatic rings. The Balaban J connectivity index is 1.71. The molecule has 0 bridgehead atoms. The van der Waals surface area contributed by atoms with Gasteiger partial charge in [0, 0.05) is 6.20 Å². The molecule has 1 aliphatic carbocycles. The van der Waals surface area contributed by atoms with Gasteiger partial charge in [0.2, 0.25) is 0 Å². The van der Waals surface area contributed by atoms with E-state index < -0.39 is 11.0 Å². The zero-order valence-electron chi connectivity index (χ0n) is 13.2. The van der Waals surface area contributed by atoms with Crippen LogP contribution in [0.15, 0.2) is 24.7 Å². The summed E-state index contributed by atoms with van der Waals surface area (Å²) in [5, 5.41) is 20.5. The second-order valence-electron chi connectivity index (χ2n) is 5.76. The second kappa shape index (κ2) is 6.65. The van der Waals surface area contributed by atoms with E-state index in [0.717, 1.165) is 24.7 Å². The Labute approximate surface area is 138 Å². The third kappa shape index (κ3) is 3.19. The van der Waals surface area contributed by atoms with Crippen LogP contribution in [0.1, 0.15) is 37.4 Å². The third-order valence-corrected chi connectivity index (χ3v) is 4.21. The van der Waals surface area contributed by atoms with E-state index in [1.807, 2.05) is 11.6 Å². The quantitative estimate of drug-likeness (QED) is 0.659. The van der Waals surface area contributed by atoms with Crippen molar-refractivity contribution in [1.82, 2.24) is 14.8 Å². The summed E-state index contributed by atoms with van der Waals surface area (Å²) in [6.45, 7) is 1.90. The number of nitro groups is 1. The van der Waals surface area contributed by atoms with E-state index in [2.05, 4.69) is 20.7 Å². The largest absolute Gasteiger partial charge is 0.323 e. The minimum absolute atomic E-state index is 0.0911. The van der Waals surface area contributed by atoms with Gasteiger partial charge in [0.1, 0.15) is 11.9 Å². The van der Waals surface area contributed by atoms with Crippen molar-refractivity contribution in [2.75, 3.05) is 10.6 Å². The molecule has 0 spiro atoms. The molecule has 0 saturated heterocycles. The summed E-state index contributed by atoms with van der Waals surface area (Å²) < 4.78 is 1.94. The highest BCUT2D eigenvalue weighted by Gasteiger charge is 2.21. The van der Waals surface area contributed by atoms with E-state index >= 15 is 0 Å². The monoisotopic (exact) mass is 330 g/mol. The summed E-state index contributed by atoms with van der Waals surface area (Å²) >= 11 is 0. The van der Waals surface area contributed by atoms with Gasteiger partial charge in [-0.2, -0.15) is 5.10 Å². The van der Waals surface area contributed by atoms with Crippen molar-refractivity contribution in [1.29, 1.82) is 0 Å². The van der Waals surface area contributed by atoms with Gasteiger partial charge in [0.25, 0.3) is 0 Å². The number of nitrogens with one attached hydrogen (secondary N) is 2. The van der Waals surface area contributed by atoms with Gasteiger partial charge < -0.3 is 10.6 Å². The van der Waals surface area contributed by atoms with Gasteiger partial charge in [-0.05, 0) is 25.8 Å². The average Bonchev–Trinajstić information content (AvgIpc) is 3.18. The van der Waals surface area contributed by atoms with Gasteiger partial charge in [-0.3, -0.25) is 19.8 Å². The molecule has 2 heterocycles. The number of pyridine rings is 1. The van der Waals surface area contributed by atoms with Gasteiger partial charge in [-0.25, -0.2) is 4.79 Å². The number of hydrogen-bond acceptors (Lipinski definition) is 5. The number of aromatic nitrogens is 3. The predicted octanol–water partition coefficient (Wildman–Crippen LogP) is 3.25. The highest BCUT2D eigenvalue weighted by atomic mass is 16.6. The molecule has 9 heteroatoms. The highest BCUT2D eigenvalue weighted by Crippen LogP contribution is 2.31. The van der Waals surface area contributed by atoms with Crippen LogP contribution in [-0.4, -0.2) is 25.7 Å². The SMILES string of the molecule is Cc1c(NC(=O)Nc2ccncc2[N+](=O)[O-])cnn1C1CCCC1. The molecule has 3 rings (SSSR count). The van der Waals surface area contributed by atoms with Crippen LogP contribution in [0.4, 0.5) is 21.9 Å². The lowest BCUT2D eigenvalue weighted by atomic mass is 10.2. The molecular weight excluding hydrogens is 312 g/mol. The normalized spacial score (nSPS) is 14.5. The standard InChI is InChI=1S/C15H18N6O3/c1-10-13(8-17-20(10)11-4-2-3-5-11)19-15(22)18-12-6-7-16-9-14(12)21(23)24/h6-9,11H,2-5H2,1H3,(H2,16,18,19,22). The fourth-order valence-corrected chi connectivity index (χ4v) is 2.98. The molecular formula is C15H18N6O3. The second-order valence-corrected chi connectivity index (χ2v) is 5.76. The molecule has 1 saturated carbocycles. The van der Waals surface area contributed by atoms with Crippen LogP contribution in [0.25, 0.3) is 0 Å². The highest BCUT2D eigenvalue weighted by molar-refractivity contribution is 6.01. The minimum Gasteiger partial charge on any atom is -0.305 e. The molecule has 0 unspecified atom stereocenters. The Morgan fingerprint density at radius 1 is 1.29 bits per heavy atom. The van der Waals surface area contributed by atoms with E-state index in [1.54, 1.807) is 6.20 Å². The smallest absolute Gasteiger partial charge is 0.305 e. The summed E-state index contributed by atoms with van der Waals surface area (Å²) in [6.07, 6.45) is 8.66. The van der Waals surface area contributed by atoms with Crippen molar-refractivity contribution < 1.29 is 9.72 Å². The molecule has 0 aromatic carbocycles. The number of rotatable bonds is 4. The van der Waals surface area contributed by atoms with Crippen LogP contribution in [-0.2, 0) is 0 Å². The Morgan fingerprint density at radius 2 is 2.00 bits per heavy atom. The number of carbonyl (C=O) groups is 1. The maximum atomic E-state index is 12.1. The Kier molecular flexibility index (Phi) is 4.41. The summed E-state index contributed by atoms with van der Waals surface area (Å²) in [7, 11) is 0. The molecule has 1 fully saturated rings. The van der Waals surface area contributed by atoms with Crippen LogP contribution < -0.4 is 10.6 Å². The summed E-state index contributed by atoms with van der Waals surface area (Å²) in [5.74, 6) is 0. The summed E-state index contributed by atoms with van der Waals surface area (Å²) in [5.41, 5.74) is 1.30. The molecule has 2 N–H and O–H groups in total. The van der Waals surface area contributed by atoms with Gasteiger partial charge in [0.05, 0.1) is 28.5 Å². The van der Waals surface area contributed by atoms with Crippen molar-refractivity contribution in [3.8, 4) is 0 Å². The van der Waals surface area contributed by atoms with Crippen LogP contribution in [0, 0.1) is 17.0 Å². The van der Waals surface area contributed by atoms with Crippen LogP contribution in [0.5, 0.6) is 0 Å². The van der Waals surface area contributed by atoms with E-state index in [4.69, 9.17) is 0 Å². The molecule has 0 atom stereocenters. The van der Waals surface area contributed by atoms with Gasteiger partial charge in [0.15, 0.2) is 0 Å². The Morgan fingerprint density at radius 3 is 2.71 bits per heavy atom. The molecule has 1 aliphatic rings. The molecule has 0 radical (unpaired) electrons. The lowest BCUT2D eigenvalue weighted by Gasteiger charge is -2.13. The number of urea groups is 1. The summed E-state index contributed by atoms with van der Waals surface area (Å²) in [4.78, 5) is 26.2.